The standard InChI is InChI=1S/C23H42N2O.C2H6O4S/c1-3-5-6-7-8-9-10-11-12-13-14-15-16-17-18-19-22(26)23-24-20-21-25(23)4-2;1-2-6-7(3,4)5/h11-12H,3-10,13-21H2,1-2H3;2H2,1H3,(H,3,4,5)/b12-11-;. The molecular formula is C25H48N2O5S. The molecule has 0 atom stereocenters. The van der Waals surface area contributed by atoms with Gasteiger partial charge in [-0.2, -0.15) is 8.42 Å². The molecule has 0 saturated heterocycles. The number of likely N-dealkylation sites (N-methyl/N-ethyl adjacent to an activating group) is 1. The second-order valence-electron chi connectivity index (χ2n) is 8.38. The zero-order chi connectivity index (χ0) is 24.8. The summed E-state index contributed by atoms with van der Waals surface area (Å²) in [5.74, 6) is 0.991. The number of unbranched alkanes of at least 4 members (excludes halogenated alkanes) is 11. The Morgan fingerprint density at radius 1 is 0.939 bits per heavy atom. The van der Waals surface area contributed by atoms with Crippen LogP contribution in [0.15, 0.2) is 17.1 Å². The number of hydrogen-bond donors (Lipinski definition) is 1. The van der Waals surface area contributed by atoms with Gasteiger partial charge >= 0.3 is 10.4 Å². The maximum Gasteiger partial charge on any atom is 0.397 e. The summed E-state index contributed by atoms with van der Waals surface area (Å²) in [5.41, 5.74) is 0. The van der Waals surface area contributed by atoms with Crippen molar-refractivity contribution in [1.82, 2.24) is 4.90 Å². The number of carbonyl (C=O) groups excluding carboxylic acids is 1. The number of nitrogens with zero attached hydrogens (tertiary/aromatic N) is 2. The Labute approximate surface area is 203 Å². The number of allylic oxidation sites excluding steroid dienone is 2. The van der Waals surface area contributed by atoms with Crippen LogP contribution in [0.4, 0.5) is 0 Å². The molecule has 1 N–H and O–H groups in total. The molecule has 0 unspecified atom stereocenters. The van der Waals surface area contributed by atoms with Crippen molar-refractivity contribution in [3.63, 3.8) is 0 Å². The summed E-state index contributed by atoms with van der Waals surface area (Å²) in [6.07, 6.45) is 22.2. The van der Waals surface area contributed by atoms with Gasteiger partial charge in [0.2, 0.25) is 0 Å². The van der Waals surface area contributed by atoms with Gasteiger partial charge in [-0.1, -0.05) is 70.4 Å². The van der Waals surface area contributed by atoms with E-state index in [2.05, 4.69) is 40.1 Å². The molecule has 1 aliphatic rings. The van der Waals surface area contributed by atoms with E-state index in [0.29, 0.717) is 6.42 Å². The molecule has 1 rings (SSSR count). The second-order valence-corrected chi connectivity index (χ2v) is 9.47. The first kappa shape index (κ1) is 31.8. The van der Waals surface area contributed by atoms with Crippen LogP contribution in [0, 0.1) is 0 Å². The molecule has 8 heteroatoms. The lowest BCUT2D eigenvalue weighted by Gasteiger charge is -2.16. The van der Waals surface area contributed by atoms with Gasteiger partial charge in [0.05, 0.1) is 13.2 Å². The van der Waals surface area contributed by atoms with Crippen LogP contribution in [0.25, 0.3) is 0 Å². The molecule has 0 aromatic rings. The molecule has 0 spiro atoms. The van der Waals surface area contributed by atoms with E-state index in [0.717, 1.165) is 31.9 Å². The second kappa shape index (κ2) is 21.3. The third-order valence-electron chi connectivity index (χ3n) is 5.49. The topological polar surface area (TPSA) is 96.3 Å². The third-order valence-corrected chi connectivity index (χ3v) is 6.03. The predicted molar refractivity (Wildman–Crippen MR) is 137 cm³/mol. The molecule has 0 bridgehead atoms. The Bertz CT molecular complexity index is 647. The molecule has 1 aliphatic heterocycles. The van der Waals surface area contributed by atoms with Crippen molar-refractivity contribution < 1.29 is 21.9 Å². The average Bonchev–Trinajstić information content (AvgIpc) is 3.25. The summed E-state index contributed by atoms with van der Waals surface area (Å²) >= 11 is 0. The molecule has 1 heterocycles. The van der Waals surface area contributed by atoms with Crippen LogP contribution in [0.5, 0.6) is 0 Å². The van der Waals surface area contributed by atoms with Crippen LogP contribution < -0.4 is 0 Å². The lowest BCUT2D eigenvalue weighted by molar-refractivity contribution is -0.113. The van der Waals surface area contributed by atoms with Crippen molar-refractivity contribution in [3.05, 3.63) is 12.2 Å². The van der Waals surface area contributed by atoms with Crippen molar-refractivity contribution in [2.75, 3.05) is 26.2 Å². The van der Waals surface area contributed by atoms with Crippen molar-refractivity contribution in [2.45, 2.75) is 111 Å². The Kier molecular flexibility index (Phi) is 20.5. The Hall–Kier alpha value is -1.25. The lowest BCUT2D eigenvalue weighted by Crippen LogP contribution is -2.33. The predicted octanol–water partition coefficient (Wildman–Crippen LogP) is 6.15. The van der Waals surface area contributed by atoms with Crippen LogP contribution in [0.1, 0.15) is 111 Å². The monoisotopic (exact) mass is 488 g/mol. The molecule has 0 aliphatic carbocycles. The number of hydrogen-bond acceptors (Lipinski definition) is 6. The number of Topliss-reactive ketones (excluding diaryl/α,β-unsaturated/α-hetero) is 1. The minimum absolute atomic E-state index is 0.0289. The minimum Gasteiger partial charge on any atom is -0.352 e. The van der Waals surface area contributed by atoms with Gasteiger partial charge < -0.3 is 4.90 Å². The number of ketones is 1. The van der Waals surface area contributed by atoms with Gasteiger partial charge in [0, 0.05) is 19.5 Å². The highest BCUT2D eigenvalue weighted by Gasteiger charge is 2.21. The van der Waals surface area contributed by atoms with Gasteiger partial charge in [-0.05, 0) is 46.0 Å². The smallest absolute Gasteiger partial charge is 0.352 e. The number of carbonyl (C=O) groups is 1. The van der Waals surface area contributed by atoms with Crippen LogP contribution in [0.2, 0.25) is 0 Å². The van der Waals surface area contributed by atoms with E-state index in [1.807, 2.05) is 0 Å². The van der Waals surface area contributed by atoms with E-state index >= 15 is 0 Å². The van der Waals surface area contributed by atoms with Crippen LogP contribution in [-0.4, -0.2) is 55.7 Å². The summed E-state index contributed by atoms with van der Waals surface area (Å²) in [6.45, 7) is 8.42. The van der Waals surface area contributed by atoms with Crippen LogP contribution in [-0.2, 0) is 19.4 Å². The first-order valence-electron chi connectivity index (χ1n) is 12.9. The summed E-state index contributed by atoms with van der Waals surface area (Å²) < 4.78 is 30.7. The van der Waals surface area contributed by atoms with E-state index in [9.17, 15) is 13.2 Å². The fraction of sp³-hybridized carbons (Fsp3) is 0.840. The van der Waals surface area contributed by atoms with E-state index in [-0.39, 0.29) is 12.4 Å². The first-order valence-corrected chi connectivity index (χ1v) is 14.3. The highest BCUT2D eigenvalue weighted by Crippen LogP contribution is 2.11. The summed E-state index contributed by atoms with van der Waals surface area (Å²) in [7, 11) is -4.17. The molecular weight excluding hydrogens is 440 g/mol. The van der Waals surface area contributed by atoms with Crippen LogP contribution in [0.3, 0.4) is 0 Å². The maximum atomic E-state index is 12.2. The van der Waals surface area contributed by atoms with Gasteiger partial charge in [-0.15, -0.1) is 0 Å². The normalized spacial score (nSPS) is 13.8. The molecule has 0 radical (unpaired) electrons. The molecule has 33 heavy (non-hydrogen) atoms. The van der Waals surface area contributed by atoms with Gasteiger partial charge in [-0.3, -0.25) is 14.3 Å². The lowest BCUT2D eigenvalue weighted by atomic mass is 10.1. The van der Waals surface area contributed by atoms with Gasteiger partial charge in [0.1, 0.15) is 0 Å². The maximum absolute atomic E-state index is 12.2. The molecule has 0 amide bonds. The van der Waals surface area contributed by atoms with E-state index < -0.39 is 10.4 Å². The third kappa shape index (κ3) is 19.9. The Balaban J connectivity index is 0.00000126. The largest absolute Gasteiger partial charge is 0.397 e. The number of amidine groups is 1. The quantitative estimate of drug-likeness (QED) is 0.133. The van der Waals surface area contributed by atoms with Crippen molar-refractivity contribution in [1.29, 1.82) is 0 Å². The summed E-state index contributed by atoms with van der Waals surface area (Å²) in [4.78, 5) is 18.6. The highest BCUT2D eigenvalue weighted by atomic mass is 32.3. The zero-order valence-corrected chi connectivity index (χ0v) is 22.1. The summed E-state index contributed by atoms with van der Waals surface area (Å²) in [5, 5.41) is 0. The molecule has 194 valence electrons. The molecule has 0 aromatic carbocycles. The van der Waals surface area contributed by atoms with Crippen molar-refractivity contribution >= 4 is 22.0 Å². The van der Waals surface area contributed by atoms with Gasteiger partial charge in [0.25, 0.3) is 0 Å². The molecule has 0 fully saturated rings. The van der Waals surface area contributed by atoms with E-state index in [1.165, 1.54) is 84.0 Å². The zero-order valence-electron chi connectivity index (χ0n) is 21.3. The molecule has 0 saturated carbocycles. The SMILES string of the molecule is CCCCCCCC/C=C\CCCCCCCC(=O)C1=NCCN1CC.CCOS(=O)(=O)O. The molecule has 7 nitrogen and oxygen atoms in total. The highest BCUT2D eigenvalue weighted by molar-refractivity contribution is 7.80. The summed E-state index contributed by atoms with van der Waals surface area (Å²) in [6, 6.07) is 0. The Morgan fingerprint density at radius 2 is 1.48 bits per heavy atom. The van der Waals surface area contributed by atoms with E-state index in [1.54, 1.807) is 0 Å². The van der Waals surface area contributed by atoms with Crippen molar-refractivity contribution in [2.24, 2.45) is 4.99 Å². The van der Waals surface area contributed by atoms with Gasteiger partial charge in [0.15, 0.2) is 11.6 Å². The van der Waals surface area contributed by atoms with Crippen molar-refractivity contribution in [3.8, 4) is 0 Å². The van der Waals surface area contributed by atoms with E-state index in [4.69, 9.17) is 4.55 Å². The molecule has 0 aromatic heterocycles. The fourth-order valence-corrected chi connectivity index (χ4v) is 3.97. The minimum atomic E-state index is -4.17. The fourth-order valence-electron chi connectivity index (χ4n) is 3.67. The Morgan fingerprint density at radius 3 is 1.97 bits per heavy atom. The number of rotatable bonds is 19. The average molecular weight is 489 g/mol. The first-order chi connectivity index (χ1) is 15.9. The van der Waals surface area contributed by atoms with Crippen LogP contribution >= 0.6 is 0 Å². The van der Waals surface area contributed by atoms with Gasteiger partial charge in [-0.25, -0.2) is 4.18 Å². The number of aliphatic imine (C=N–C) groups is 1.